The van der Waals surface area contributed by atoms with Gasteiger partial charge in [-0.25, -0.2) is 0 Å². The predicted molar refractivity (Wildman–Crippen MR) is 73.6 cm³/mol. The van der Waals surface area contributed by atoms with Gasteiger partial charge in [0.1, 0.15) is 0 Å². The highest BCUT2D eigenvalue weighted by atomic mass is 32.2. The standard InChI is InChI=1S/C14H21NOS/c1-10(15-12-8-13(9-12)16-2)11-4-6-14(17-3)7-5-11/h4-7,10,12-13,15H,8-9H2,1-3H3. The molecule has 2 nitrogen and oxygen atoms in total. The van der Waals surface area contributed by atoms with Crippen molar-refractivity contribution < 1.29 is 4.74 Å². The fourth-order valence-corrected chi connectivity index (χ4v) is 2.64. The van der Waals surface area contributed by atoms with E-state index in [1.165, 1.54) is 10.5 Å². The minimum absolute atomic E-state index is 0.425. The molecule has 0 spiro atoms. The Balaban J connectivity index is 1.84. The molecule has 17 heavy (non-hydrogen) atoms. The number of thioether (sulfide) groups is 1. The van der Waals surface area contributed by atoms with Crippen LogP contribution in [0.4, 0.5) is 0 Å². The Kier molecular flexibility index (Phi) is 4.48. The molecule has 0 saturated heterocycles. The van der Waals surface area contributed by atoms with E-state index >= 15 is 0 Å². The summed E-state index contributed by atoms with van der Waals surface area (Å²) in [5.74, 6) is 0. The first-order valence-electron chi connectivity index (χ1n) is 6.15. The van der Waals surface area contributed by atoms with Gasteiger partial charge >= 0.3 is 0 Å². The predicted octanol–water partition coefficient (Wildman–Crippen LogP) is 3.24. The molecule has 3 heteroatoms. The van der Waals surface area contributed by atoms with Crippen LogP contribution in [0.5, 0.6) is 0 Å². The minimum atomic E-state index is 0.425. The van der Waals surface area contributed by atoms with Gasteiger partial charge in [-0.1, -0.05) is 12.1 Å². The van der Waals surface area contributed by atoms with Gasteiger partial charge in [0.2, 0.25) is 0 Å². The molecule has 0 aromatic heterocycles. The summed E-state index contributed by atoms with van der Waals surface area (Å²) in [6.45, 7) is 2.23. The quantitative estimate of drug-likeness (QED) is 0.812. The number of rotatable bonds is 5. The molecule has 1 aromatic carbocycles. The minimum Gasteiger partial charge on any atom is -0.381 e. The van der Waals surface area contributed by atoms with E-state index < -0.39 is 0 Å². The lowest BCUT2D eigenvalue weighted by molar-refractivity contribution is 0.0147. The van der Waals surface area contributed by atoms with E-state index in [1.54, 1.807) is 18.9 Å². The van der Waals surface area contributed by atoms with Crippen molar-refractivity contribution in [1.82, 2.24) is 5.32 Å². The fraction of sp³-hybridized carbons (Fsp3) is 0.571. The number of nitrogens with one attached hydrogen (secondary N) is 1. The third-order valence-corrected chi connectivity index (χ3v) is 4.27. The summed E-state index contributed by atoms with van der Waals surface area (Å²) in [5, 5.41) is 3.65. The van der Waals surface area contributed by atoms with Gasteiger partial charge < -0.3 is 10.1 Å². The average molecular weight is 251 g/mol. The van der Waals surface area contributed by atoms with E-state index in [9.17, 15) is 0 Å². The molecule has 0 bridgehead atoms. The average Bonchev–Trinajstić information content (AvgIpc) is 2.33. The maximum absolute atomic E-state index is 5.29. The largest absolute Gasteiger partial charge is 0.381 e. The summed E-state index contributed by atoms with van der Waals surface area (Å²) in [4.78, 5) is 1.32. The molecular formula is C14H21NOS. The van der Waals surface area contributed by atoms with Crippen LogP contribution in [0, 0.1) is 0 Å². The molecule has 1 N–H and O–H groups in total. The first-order chi connectivity index (χ1) is 8.22. The van der Waals surface area contributed by atoms with E-state index in [1.807, 2.05) is 0 Å². The second kappa shape index (κ2) is 5.89. The highest BCUT2D eigenvalue weighted by Crippen LogP contribution is 2.26. The summed E-state index contributed by atoms with van der Waals surface area (Å²) >= 11 is 1.79. The van der Waals surface area contributed by atoms with Gasteiger partial charge in [0.15, 0.2) is 0 Å². The molecule has 1 aliphatic carbocycles. The van der Waals surface area contributed by atoms with Crippen molar-refractivity contribution in [2.24, 2.45) is 0 Å². The van der Waals surface area contributed by atoms with Crippen LogP contribution in [-0.4, -0.2) is 25.5 Å². The summed E-state index contributed by atoms with van der Waals surface area (Å²) in [6.07, 6.45) is 4.86. The Hall–Kier alpha value is -0.510. The highest BCUT2D eigenvalue weighted by Gasteiger charge is 2.29. The lowest BCUT2D eigenvalue weighted by Gasteiger charge is -2.36. The zero-order valence-electron chi connectivity index (χ0n) is 10.8. The van der Waals surface area contributed by atoms with E-state index in [0.717, 1.165) is 12.8 Å². The van der Waals surface area contributed by atoms with Crippen molar-refractivity contribution >= 4 is 11.8 Å². The van der Waals surface area contributed by atoms with Crippen LogP contribution in [0.1, 0.15) is 31.4 Å². The summed E-state index contributed by atoms with van der Waals surface area (Å²) in [5.41, 5.74) is 1.36. The van der Waals surface area contributed by atoms with Crippen LogP contribution >= 0.6 is 11.8 Å². The third-order valence-electron chi connectivity index (χ3n) is 3.53. The SMILES string of the molecule is COC1CC(NC(C)c2ccc(SC)cc2)C1. The number of benzene rings is 1. The molecule has 0 heterocycles. The fourth-order valence-electron chi connectivity index (χ4n) is 2.24. The summed E-state index contributed by atoms with van der Waals surface area (Å²) in [7, 11) is 1.80. The van der Waals surface area contributed by atoms with Crippen LogP contribution < -0.4 is 5.32 Å². The first kappa shape index (κ1) is 12.9. The Bertz CT molecular complexity index is 346. The number of methoxy groups -OCH3 is 1. The maximum Gasteiger partial charge on any atom is 0.0601 e. The molecule has 0 amide bonds. The monoisotopic (exact) mass is 251 g/mol. The van der Waals surface area contributed by atoms with Gasteiger partial charge in [-0.2, -0.15) is 0 Å². The number of ether oxygens (including phenoxy) is 1. The van der Waals surface area contributed by atoms with Gasteiger partial charge in [0.25, 0.3) is 0 Å². The maximum atomic E-state index is 5.29. The summed E-state index contributed by atoms with van der Waals surface area (Å²) < 4.78 is 5.29. The van der Waals surface area contributed by atoms with Crippen molar-refractivity contribution in [3.8, 4) is 0 Å². The molecule has 1 fully saturated rings. The lowest BCUT2D eigenvalue weighted by atomic mass is 9.88. The molecule has 2 rings (SSSR count). The Labute approximate surface area is 108 Å². The molecule has 0 aliphatic heterocycles. The van der Waals surface area contributed by atoms with Gasteiger partial charge in [0.05, 0.1) is 6.10 Å². The second-order valence-corrected chi connectivity index (χ2v) is 5.57. The van der Waals surface area contributed by atoms with Gasteiger partial charge in [-0.05, 0) is 43.7 Å². The zero-order valence-corrected chi connectivity index (χ0v) is 11.6. The Morgan fingerprint density at radius 2 is 1.94 bits per heavy atom. The molecular weight excluding hydrogens is 230 g/mol. The third kappa shape index (κ3) is 3.24. The van der Waals surface area contributed by atoms with Crippen molar-refractivity contribution in [3.63, 3.8) is 0 Å². The van der Waals surface area contributed by atoms with Crippen LogP contribution in [0.15, 0.2) is 29.2 Å². The van der Waals surface area contributed by atoms with Crippen molar-refractivity contribution in [1.29, 1.82) is 0 Å². The van der Waals surface area contributed by atoms with Crippen LogP contribution in [0.2, 0.25) is 0 Å². The molecule has 1 atom stereocenters. The van der Waals surface area contributed by atoms with Crippen LogP contribution in [-0.2, 0) is 4.74 Å². The van der Waals surface area contributed by atoms with Gasteiger partial charge in [-0.15, -0.1) is 11.8 Å². The molecule has 1 aromatic rings. The normalized spacial score (nSPS) is 25.4. The van der Waals surface area contributed by atoms with Gasteiger partial charge in [-0.3, -0.25) is 0 Å². The smallest absolute Gasteiger partial charge is 0.0601 e. The molecule has 1 aliphatic rings. The van der Waals surface area contributed by atoms with Crippen molar-refractivity contribution in [2.45, 2.75) is 42.8 Å². The Morgan fingerprint density at radius 1 is 1.29 bits per heavy atom. The van der Waals surface area contributed by atoms with E-state index in [-0.39, 0.29) is 0 Å². The summed E-state index contributed by atoms with van der Waals surface area (Å²) in [6, 6.07) is 9.86. The van der Waals surface area contributed by atoms with Crippen LogP contribution in [0.25, 0.3) is 0 Å². The van der Waals surface area contributed by atoms with Crippen molar-refractivity contribution in [3.05, 3.63) is 29.8 Å². The first-order valence-corrected chi connectivity index (χ1v) is 7.38. The zero-order chi connectivity index (χ0) is 12.3. The van der Waals surface area contributed by atoms with Crippen LogP contribution in [0.3, 0.4) is 0 Å². The molecule has 94 valence electrons. The topological polar surface area (TPSA) is 21.3 Å². The van der Waals surface area contributed by atoms with Gasteiger partial charge in [0, 0.05) is 24.1 Å². The number of hydrogen-bond donors (Lipinski definition) is 1. The number of hydrogen-bond acceptors (Lipinski definition) is 3. The van der Waals surface area contributed by atoms with E-state index in [2.05, 4.69) is 42.8 Å². The Morgan fingerprint density at radius 3 is 2.47 bits per heavy atom. The molecule has 1 unspecified atom stereocenters. The second-order valence-electron chi connectivity index (χ2n) is 4.69. The van der Waals surface area contributed by atoms with Crippen molar-refractivity contribution in [2.75, 3.05) is 13.4 Å². The lowest BCUT2D eigenvalue weighted by Crippen LogP contribution is -2.45. The van der Waals surface area contributed by atoms with E-state index in [4.69, 9.17) is 4.74 Å². The highest BCUT2D eigenvalue weighted by molar-refractivity contribution is 7.98. The van der Waals surface area contributed by atoms with E-state index in [0.29, 0.717) is 18.2 Å². The molecule has 0 radical (unpaired) electrons. The molecule has 1 saturated carbocycles.